The summed E-state index contributed by atoms with van der Waals surface area (Å²) in [5.41, 5.74) is 8.14. The van der Waals surface area contributed by atoms with E-state index in [0.717, 1.165) is 42.5 Å². The zero-order valence-corrected chi connectivity index (χ0v) is 9.71. The van der Waals surface area contributed by atoms with Crippen molar-refractivity contribution in [2.24, 2.45) is 5.73 Å². The summed E-state index contributed by atoms with van der Waals surface area (Å²) < 4.78 is 0. The van der Waals surface area contributed by atoms with Crippen molar-refractivity contribution in [3.8, 4) is 0 Å². The molecule has 0 saturated carbocycles. The summed E-state index contributed by atoms with van der Waals surface area (Å²) in [5.74, 6) is 0. The fraction of sp³-hybridized carbons (Fsp3) is 0.385. The summed E-state index contributed by atoms with van der Waals surface area (Å²) in [4.78, 5) is 2.32. The Morgan fingerprint density at radius 3 is 3.06 bits per heavy atom. The Labute approximate surface area is 100 Å². The third kappa shape index (κ3) is 1.96. The number of benzene rings is 1. The molecule has 1 aromatic carbocycles. The number of hydrogen-bond donors (Lipinski definition) is 1. The second kappa shape index (κ2) is 4.30. The lowest BCUT2D eigenvalue weighted by Crippen LogP contribution is -2.43. The summed E-state index contributed by atoms with van der Waals surface area (Å²) in [5, 5.41) is 9.39. The van der Waals surface area contributed by atoms with Gasteiger partial charge >= 0.3 is 0 Å². The van der Waals surface area contributed by atoms with E-state index in [4.69, 9.17) is 5.73 Å². The van der Waals surface area contributed by atoms with Crippen molar-refractivity contribution in [2.45, 2.75) is 18.9 Å². The summed E-state index contributed by atoms with van der Waals surface area (Å²) >= 11 is 0. The van der Waals surface area contributed by atoms with Gasteiger partial charge in [-0.3, -0.25) is 0 Å². The maximum atomic E-state index is 6.03. The molecule has 88 valence electrons. The molecule has 1 aromatic heterocycles. The van der Waals surface area contributed by atoms with Gasteiger partial charge in [0.15, 0.2) is 0 Å². The highest BCUT2D eigenvalue weighted by molar-refractivity contribution is 5.90. The fourth-order valence-electron chi connectivity index (χ4n) is 2.47. The molecular formula is C13H16N4. The normalized spacial score (nSPS) is 20.8. The number of rotatable bonds is 1. The van der Waals surface area contributed by atoms with Crippen molar-refractivity contribution in [2.75, 3.05) is 18.0 Å². The SMILES string of the molecule is NC1CCCN(c2cnnc3ccccc23)C1. The van der Waals surface area contributed by atoms with E-state index >= 15 is 0 Å². The van der Waals surface area contributed by atoms with Gasteiger partial charge in [-0.15, -0.1) is 0 Å². The lowest BCUT2D eigenvalue weighted by Gasteiger charge is -2.32. The first-order valence-electron chi connectivity index (χ1n) is 6.05. The Kier molecular flexibility index (Phi) is 2.65. The highest BCUT2D eigenvalue weighted by Crippen LogP contribution is 2.26. The second-order valence-corrected chi connectivity index (χ2v) is 4.60. The molecule has 1 saturated heterocycles. The Morgan fingerprint density at radius 1 is 1.29 bits per heavy atom. The Bertz CT molecular complexity index is 520. The van der Waals surface area contributed by atoms with Crippen LogP contribution in [0.25, 0.3) is 10.9 Å². The minimum atomic E-state index is 0.274. The van der Waals surface area contributed by atoms with Crippen LogP contribution in [0.4, 0.5) is 5.69 Å². The molecule has 17 heavy (non-hydrogen) atoms. The lowest BCUT2D eigenvalue weighted by atomic mass is 10.1. The largest absolute Gasteiger partial charge is 0.368 e. The fourth-order valence-corrected chi connectivity index (χ4v) is 2.47. The van der Waals surface area contributed by atoms with E-state index < -0.39 is 0 Å². The average Bonchev–Trinajstić information content (AvgIpc) is 2.38. The summed E-state index contributed by atoms with van der Waals surface area (Å²) in [6.07, 6.45) is 4.12. The minimum absolute atomic E-state index is 0.274. The van der Waals surface area contributed by atoms with Crippen LogP contribution in [0.5, 0.6) is 0 Å². The summed E-state index contributed by atoms with van der Waals surface area (Å²) in [6, 6.07) is 8.39. The van der Waals surface area contributed by atoms with Crippen molar-refractivity contribution in [3.05, 3.63) is 30.5 Å². The van der Waals surface area contributed by atoms with Gasteiger partial charge in [0.1, 0.15) is 0 Å². The number of piperidine rings is 1. The van der Waals surface area contributed by atoms with E-state index in [1.807, 2.05) is 24.4 Å². The third-order valence-electron chi connectivity index (χ3n) is 3.32. The van der Waals surface area contributed by atoms with Gasteiger partial charge in [0.2, 0.25) is 0 Å². The van der Waals surface area contributed by atoms with E-state index in [-0.39, 0.29) is 6.04 Å². The highest BCUT2D eigenvalue weighted by atomic mass is 15.2. The summed E-state index contributed by atoms with van der Waals surface area (Å²) in [7, 11) is 0. The van der Waals surface area contributed by atoms with Gasteiger partial charge in [0.25, 0.3) is 0 Å². The number of nitrogens with two attached hydrogens (primary N) is 1. The van der Waals surface area contributed by atoms with Crippen molar-refractivity contribution in [1.82, 2.24) is 10.2 Å². The molecule has 0 aliphatic carbocycles. The smallest absolute Gasteiger partial charge is 0.0950 e. The molecule has 0 amide bonds. The molecule has 4 nitrogen and oxygen atoms in total. The molecule has 1 aliphatic heterocycles. The maximum Gasteiger partial charge on any atom is 0.0950 e. The first-order valence-corrected chi connectivity index (χ1v) is 6.05. The number of anilines is 1. The predicted molar refractivity (Wildman–Crippen MR) is 69.0 cm³/mol. The molecule has 3 rings (SSSR count). The van der Waals surface area contributed by atoms with Crippen molar-refractivity contribution in [1.29, 1.82) is 0 Å². The number of hydrogen-bond acceptors (Lipinski definition) is 4. The van der Waals surface area contributed by atoms with Crippen LogP contribution in [0.2, 0.25) is 0 Å². The van der Waals surface area contributed by atoms with E-state index in [1.54, 1.807) is 0 Å². The predicted octanol–water partition coefficient (Wildman–Crippen LogP) is 1.56. The molecule has 2 heterocycles. The summed E-state index contributed by atoms with van der Waals surface area (Å²) in [6.45, 7) is 1.97. The molecular weight excluding hydrogens is 212 g/mol. The zero-order valence-electron chi connectivity index (χ0n) is 9.71. The molecule has 1 unspecified atom stereocenters. The molecule has 2 aromatic rings. The number of nitrogens with zero attached hydrogens (tertiary/aromatic N) is 3. The minimum Gasteiger partial charge on any atom is -0.368 e. The maximum absolute atomic E-state index is 6.03. The Balaban J connectivity index is 2.04. The van der Waals surface area contributed by atoms with Crippen LogP contribution in [0.1, 0.15) is 12.8 Å². The molecule has 1 aliphatic rings. The molecule has 0 radical (unpaired) electrons. The average molecular weight is 228 g/mol. The van der Waals surface area contributed by atoms with E-state index in [2.05, 4.69) is 21.2 Å². The van der Waals surface area contributed by atoms with Crippen LogP contribution in [-0.4, -0.2) is 29.3 Å². The van der Waals surface area contributed by atoms with Crippen LogP contribution in [0.15, 0.2) is 30.5 Å². The highest BCUT2D eigenvalue weighted by Gasteiger charge is 2.18. The molecule has 0 spiro atoms. The van der Waals surface area contributed by atoms with E-state index in [0.29, 0.717) is 0 Å². The number of aromatic nitrogens is 2. The Morgan fingerprint density at radius 2 is 2.18 bits per heavy atom. The molecule has 1 atom stereocenters. The molecule has 4 heteroatoms. The van der Waals surface area contributed by atoms with Crippen LogP contribution in [0, 0.1) is 0 Å². The van der Waals surface area contributed by atoms with Crippen molar-refractivity contribution < 1.29 is 0 Å². The van der Waals surface area contributed by atoms with Gasteiger partial charge in [-0.2, -0.15) is 10.2 Å². The number of fused-ring (bicyclic) bond motifs is 1. The van der Waals surface area contributed by atoms with Gasteiger partial charge in [-0.1, -0.05) is 18.2 Å². The van der Waals surface area contributed by atoms with Gasteiger partial charge in [-0.05, 0) is 18.9 Å². The second-order valence-electron chi connectivity index (χ2n) is 4.60. The van der Waals surface area contributed by atoms with Crippen LogP contribution in [0.3, 0.4) is 0 Å². The van der Waals surface area contributed by atoms with Crippen molar-refractivity contribution in [3.63, 3.8) is 0 Å². The van der Waals surface area contributed by atoms with E-state index in [1.165, 1.54) is 0 Å². The van der Waals surface area contributed by atoms with Gasteiger partial charge in [0, 0.05) is 24.5 Å². The van der Waals surface area contributed by atoms with Gasteiger partial charge in [-0.25, -0.2) is 0 Å². The topological polar surface area (TPSA) is 55.0 Å². The third-order valence-corrected chi connectivity index (χ3v) is 3.32. The van der Waals surface area contributed by atoms with Crippen LogP contribution < -0.4 is 10.6 Å². The van der Waals surface area contributed by atoms with Crippen molar-refractivity contribution >= 4 is 16.6 Å². The van der Waals surface area contributed by atoms with Gasteiger partial charge < -0.3 is 10.6 Å². The molecule has 2 N–H and O–H groups in total. The first-order chi connectivity index (χ1) is 8.34. The van der Waals surface area contributed by atoms with E-state index in [9.17, 15) is 0 Å². The molecule has 0 bridgehead atoms. The monoisotopic (exact) mass is 228 g/mol. The Hall–Kier alpha value is -1.68. The quantitative estimate of drug-likeness (QED) is 0.804. The standard InChI is InChI=1S/C13H16N4/c14-10-4-3-7-17(9-10)13-8-15-16-12-6-2-1-5-11(12)13/h1-2,5-6,8,10H,3-4,7,9,14H2. The van der Waals surface area contributed by atoms with Crippen LogP contribution in [-0.2, 0) is 0 Å². The van der Waals surface area contributed by atoms with Gasteiger partial charge in [0.05, 0.1) is 17.4 Å². The van der Waals surface area contributed by atoms with Crippen LogP contribution >= 0.6 is 0 Å². The lowest BCUT2D eigenvalue weighted by molar-refractivity contribution is 0.506. The molecule has 1 fully saturated rings. The first kappa shape index (κ1) is 10.5. The zero-order chi connectivity index (χ0) is 11.7.